The van der Waals surface area contributed by atoms with Crippen LogP contribution in [0.2, 0.25) is 0 Å². The van der Waals surface area contributed by atoms with E-state index in [9.17, 15) is 0 Å². The van der Waals surface area contributed by atoms with Crippen molar-refractivity contribution in [3.63, 3.8) is 0 Å². The van der Waals surface area contributed by atoms with Crippen molar-refractivity contribution in [2.75, 3.05) is 39.3 Å². The smallest absolute Gasteiger partial charge is 0.143 e. The van der Waals surface area contributed by atoms with E-state index in [1.54, 1.807) is 7.11 Å². The summed E-state index contributed by atoms with van der Waals surface area (Å²) in [6.07, 6.45) is 0.176. The zero-order valence-electron chi connectivity index (χ0n) is 12.7. The van der Waals surface area contributed by atoms with Crippen LogP contribution in [0.3, 0.4) is 0 Å². The molecule has 1 rings (SSSR count). The molecule has 0 aliphatic heterocycles. The van der Waals surface area contributed by atoms with Gasteiger partial charge in [-0.3, -0.25) is 0 Å². The highest BCUT2D eigenvalue weighted by atomic mass is 16.5. The van der Waals surface area contributed by atoms with Gasteiger partial charge in [-0.25, -0.2) is 0 Å². The van der Waals surface area contributed by atoms with Gasteiger partial charge in [0.25, 0.3) is 0 Å². The van der Waals surface area contributed by atoms with E-state index in [1.807, 2.05) is 27.9 Å². The van der Waals surface area contributed by atoms with Gasteiger partial charge in [-0.15, -0.1) is 0 Å². The molecule has 0 saturated carbocycles. The van der Waals surface area contributed by atoms with Crippen molar-refractivity contribution in [2.45, 2.75) is 26.5 Å². The van der Waals surface area contributed by atoms with Crippen molar-refractivity contribution < 1.29 is 9.47 Å². The Hall–Kier alpha value is -1.26. The highest BCUT2D eigenvalue weighted by Gasteiger charge is 2.08. The van der Waals surface area contributed by atoms with E-state index in [4.69, 9.17) is 9.47 Å². The molecule has 1 aromatic carbocycles. The summed E-state index contributed by atoms with van der Waals surface area (Å²) in [5, 5.41) is 3.34. The Kier molecular flexibility index (Phi) is 6.67. The van der Waals surface area contributed by atoms with Crippen molar-refractivity contribution in [1.29, 1.82) is 0 Å². The fourth-order valence-corrected chi connectivity index (χ4v) is 1.79. The van der Waals surface area contributed by atoms with Crippen LogP contribution in [-0.2, 0) is 11.3 Å². The van der Waals surface area contributed by atoms with Gasteiger partial charge in [-0.05, 0) is 31.5 Å². The van der Waals surface area contributed by atoms with Gasteiger partial charge in [0, 0.05) is 34.3 Å². The molecule has 1 N–H and O–H groups in total. The van der Waals surface area contributed by atoms with Crippen LogP contribution in [0.15, 0.2) is 18.2 Å². The lowest BCUT2D eigenvalue weighted by Gasteiger charge is -2.20. The Morgan fingerprint density at radius 2 is 2.00 bits per heavy atom. The molecule has 0 aliphatic rings. The van der Waals surface area contributed by atoms with Crippen LogP contribution >= 0.6 is 0 Å². The molecule has 0 atom stereocenters. The van der Waals surface area contributed by atoms with Gasteiger partial charge in [-0.1, -0.05) is 6.07 Å². The number of ether oxygens (including phenoxy) is 2. The van der Waals surface area contributed by atoms with Crippen molar-refractivity contribution in [3.05, 3.63) is 23.8 Å². The Morgan fingerprint density at radius 1 is 1.26 bits per heavy atom. The summed E-state index contributed by atoms with van der Waals surface area (Å²) in [7, 11) is 5.76. The monoisotopic (exact) mass is 266 g/mol. The molecule has 0 bridgehead atoms. The van der Waals surface area contributed by atoms with Gasteiger partial charge >= 0.3 is 0 Å². The van der Waals surface area contributed by atoms with Crippen molar-refractivity contribution in [3.8, 4) is 5.75 Å². The van der Waals surface area contributed by atoms with Gasteiger partial charge in [-0.2, -0.15) is 0 Å². The first-order valence-corrected chi connectivity index (χ1v) is 6.71. The van der Waals surface area contributed by atoms with Gasteiger partial charge < -0.3 is 19.7 Å². The summed E-state index contributed by atoms with van der Waals surface area (Å²) in [4.78, 5) is 2.07. The minimum Gasteiger partial charge on any atom is -0.489 e. The summed E-state index contributed by atoms with van der Waals surface area (Å²) in [5.41, 5.74) is 2.33. The normalized spacial score (nSPS) is 10.8. The van der Waals surface area contributed by atoms with Gasteiger partial charge in [0.15, 0.2) is 0 Å². The Morgan fingerprint density at radius 3 is 2.58 bits per heavy atom. The highest BCUT2D eigenvalue weighted by molar-refractivity contribution is 5.59. The third-order valence-electron chi connectivity index (χ3n) is 2.68. The fourth-order valence-electron chi connectivity index (χ4n) is 1.79. The van der Waals surface area contributed by atoms with Crippen LogP contribution < -0.4 is 15.0 Å². The van der Waals surface area contributed by atoms with Crippen molar-refractivity contribution >= 4 is 5.69 Å². The molecule has 0 aliphatic carbocycles. The number of hydrogen-bond acceptors (Lipinski definition) is 4. The average molecular weight is 266 g/mol. The molecular formula is C15H26N2O2. The molecule has 0 radical (unpaired) electrons. The van der Waals surface area contributed by atoms with Crippen molar-refractivity contribution in [2.24, 2.45) is 0 Å². The Bertz CT molecular complexity index is 378. The Labute approximate surface area is 116 Å². The number of hydrogen-bond donors (Lipinski definition) is 1. The molecule has 4 nitrogen and oxygen atoms in total. The number of rotatable bonds is 8. The largest absolute Gasteiger partial charge is 0.489 e. The lowest BCUT2D eigenvalue weighted by atomic mass is 10.1. The quantitative estimate of drug-likeness (QED) is 0.732. The van der Waals surface area contributed by atoms with Crippen molar-refractivity contribution in [1.82, 2.24) is 5.32 Å². The molecule has 0 heterocycles. The van der Waals surface area contributed by atoms with E-state index < -0.39 is 0 Å². The first-order chi connectivity index (χ1) is 9.04. The first-order valence-electron chi connectivity index (χ1n) is 6.71. The molecule has 4 heteroatoms. The average Bonchev–Trinajstić information content (AvgIpc) is 2.34. The van der Waals surface area contributed by atoms with E-state index in [0.717, 1.165) is 31.1 Å². The van der Waals surface area contributed by atoms with Crippen LogP contribution in [0.25, 0.3) is 0 Å². The molecule has 0 saturated heterocycles. The Balaban J connectivity index is 2.73. The fraction of sp³-hybridized carbons (Fsp3) is 0.600. The maximum Gasteiger partial charge on any atom is 0.143 e. The number of nitrogens with one attached hydrogen (secondary N) is 1. The first kappa shape index (κ1) is 15.8. The molecule has 19 heavy (non-hydrogen) atoms. The highest BCUT2D eigenvalue weighted by Crippen LogP contribution is 2.29. The van der Waals surface area contributed by atoms with Crippen LogP contribution in [0.1, 0.15) is 19.4 Å². The van der Waals surface area contributed by atoms with E-state index in [-0.39, 0.29) is 6.10 Å². The maximum absolute atomic E-state index is 5.88. The predicted molar refractivity (Wildman–Crippen MR) is 80.1 cm³/mol. The zero-order chi connectivity index (χ0) is 14.3. The molecule has 0 unspecified atom stereocenters. The maximum atomic E-state index is 5.88. The van der Waals surface area contributed by atoms with Gasteiger partial charge in [0.2, 0.25) is 0 Å². The molecule has 1 aromatic rings. The lowest BCUT2D eigenvalue weighted by molar-refractivity contribution is 0.199. The standard InChI is InChI=1S/C15H26N2O2/c1-12(2)19-15-10-13(11-16-8-9-18-5)6-7-14(15)17(3)4/h6-7,10,12,16H,8-9,11H2,1-5H3. The topological polar surface area (TPSA) is 33.7 Å². The van der Waals surface area contributed by atoms with Gasteiger partial charge in [0.05, 0.1) is 18.4 Å². The zero-order valence-corrected chi connectivity index (χ0v) is 12.7. The number of benzene rings is 1. The summed E-state index contributed by atoms with van der Waals surface area (Å²) in [6.45, 7) is 6.49. The minimum absolute atomic E-state index is 0.176. The number of anilines is 1. The molecule has 0 spiro atoms. The molecule has 0 aromatic heterocycles. The molecule has 0 fully saturated rings. The van der Waals surface area contributed by atoms with Crippen LogP contribution in [-0.4, -0.2) is 40.5 Å². The second-order valence-electron chi connectivity index (χ2n) is 5.03. The minimum atomic E-state index is 0.176. The second-order valence-corrected chi connectivity index (χ2v) is 5.03. The molecule has 0 amide bonds. The van der Waals surface area contributed by atoms with E-state index in [2.05, 4.69) is 28.4 Å². The third-order valence-corrected chi connectivity index (χ3v) is 2.68. The number of nitrogens with zero attached hydrogens (tertiary/aromatic N) is 1. The summed E-state index contributed by atoms with van der Waals surface area (Å²) < 4.78 is 10.9. The second kappa shape index (κ2) is 8.02. The lowest BCUT2D eigenvalue weighted by Crippen LogP contribution is -2.19. The van der Waals surface area contributed by atoms with Crippen LogP contribution in [0, 0.1) is 0 Å². The van der Waals surface area contributed by atoms with E-state index in [1.165, 1.54) is 5.56 Å². The number of methoxy groups -OCH3 is 1. The van der Waals surface area contributed by atoms with Gasteiger partial charge in [0.1, 0.15) is 5.75 Å². The van der Waals surface area contributed by atoms with E-state index >= 15 is 0 Å². The SMILES string of the molecule is COCCNCc1ccc(N(C)C)c(OC(C)C)c1. The molecular weight excluding hydrogens is 240 g/mol. The predicted octanol–water partition coefficient (Wildman–Crippen LogP) is 2.28. The van der Waals surface area contributed by atoms with E-state index in [0.29, 0.717) is 0 Å². The summed E-state index contributed by atoms with van der Waals surface area (Å²) in [5.74, 6) is 0.936. The van der Waals surface area contributed by atoms with Crippen LogP contribution in [0.4, 0.5) is 5.69 Å². The molecule has 108 valence electrons. The summed E-state index contributed by atoms with van der Waals surface area (Å²) >= 11 is 0. The third kappa shape index (κ3) is 5.49. The van der Waals surface area contributed by atoms with Crippen LogP contribution in [0.5, 0.6) is 5.75 Å². The summed E-state index contributed by atoms with van der Waals surface area (Å²) in [6, 6.07) is 6.34.